The maximum absolute atomic E-state index is 12.7. The van der Waals surface area contributed by atoms with Crippen molar-refractivity contribution >= 4 is 16.9 Å². The van der Waals surface area contributed by atoms with Crippen LogP contribution in [0.1, 0.15) is 30.7 Å². The highest BCUT2D eigenvalue weighted by molar-refractivity contribution is 5.83. The third kappa shape index (κ3) is 3.15. The number of rotatable bonds is 4. The third-order valence-corrected chi connectivity index (χ3v) is 4.70. The number of carbonyl (C=O) groups excluding carboxylic acids is 1. The summed E-state index contributed by atoms with van der Waals surface area (Å²) < 4.78 is 11.6. The smallest absolute Gasteiger partial charge is 0.250 e. The first-order chi connectivity index (χ1) is 12.2. The van der Waals surface area contributed by atoms with Gasteiger partial charge in [-0.3, -0.25) is 9.78 Å². The average molecular weight is 336 g/mol. The van der Waals surface area contributed by atoms with E-state index in [-0.39, 0.29) is 17.9 Å². The van der Waals surface area contributed by atoms with Crippen molar-refractivity contribution in [1.82, 2.24) is 10.3 Å². The summed E-state index contributed by atoms with van der Waals surface area (Å²) in [6.07, 6.45) is 3.93. The highest BCUT2D eigenvalue weighted by Gasteiger charge is 2.33. The number of furan rings is 1. The molecule has 0 aliphatic carbocycles. The molecule has 3 heterocycles. The van der Waals surface area contributed by atoms with Gasteiger partial charge in [-0.05, 0) is 42.2 Å². The minimum atomic E-state index is -0.409. The second-order valence-electron chi connectivity index (χ2n) is 6.47. The summed E-state index contributed by atoms with van der Waals surface area (Å²) in [4.78, 5) is 16.8. The Morgan fingerprint density at radius 2 is 2.04 bits per heavy atom. The van der Waals surface area contributed by atoms with Gasteiger partial charge in [-0.15, -0.1) is 0 Å². The van der Waals surface area contributed by atoms with Crippen molar-refractivity contribution < 1.29 is 13.9 Å². The molecule has 3 atom stereocenters. The largest absolute Gasteiger partial charge is 0.459 e. The number of pyridine rings is 1. The Morgan fingerprint density at radius 1 is 1.24 bits per heavy atom. The van der Waals surface area contributed by atoms with E-state index in [1.807, 2.05) is 49.4 Å². The number of hydrogen-bond acceptors (Lipinski definition) is 4. The Balaban J connectivity index is 1.68. The molecule has 1 saturated heterocycles. The van der Waals surface area contributed by atoms with Crippen molar-refractivity contribution in [3.8, 4) is 0 Å². The van der Waals surface area contributed by atoms with Gasteiger partial charge < -0.3 is 14.5 Å². The molecule has 1 fully saturated rings. The van der Waals surface area contributed by atoms with E-state index < -0.39 is 6.10 Å². The molecule has 3 aromatic rings. The molecule has 1 aliphatic heterocycles. The molecule has 0 bridgehead atoms. The van der Waals surface area contributed by atoms with Crippen LogP contribution < -0.4 is 5.32 Å². The summed E-state index contributed by atoms with van der Waals surface area (Å²) in [5.41, 5.74) is 1.73. The molecule has 1 aliphatic rings. The van der Waals surface area contributed by atoms with Crippen LogP contribution in [0.4, 0.5) is 0 Å². The van der Waals surface area contributed by atoms with Gasteiger partial charge in [0.25, 0.3) is 0 Å². The number of ether oxygens (including phenoxy) is 1. The van der Waals surface area contributed by atoms with Gasteiger partial charge >= 0.3 is 0 Å². The molecule has 0 saturated carbocycles. The topological polar surface area (TPSA) is 64.4 Å². The zero-order valence-corrected chi connectivity index (χ0v) is 14.0. The monoisotopic (exact) mass is 336 g/mol. The van der Waals surface area contributed by atoms with E-state index in [9.17, 15) is 4.79 Å². The molecule has 4 rings (SSSR count). The highest BCUT2D eigenvalue weighted by atomic mass is 16.5. The minimum absolute atomic E-state index is 0.104. The Morgan fingerprint density at radius 3 is 2.76 bits per heavy atom. The van der Waals surface area contributed by atoms with Gasteiger partial charge in [0.1, 0.15) is 23.5 Å². The zero-order valence-electron chi connectivity index (χ0n) is 14.0. The Bertz CT molecular complexity index is 842. The molecule has 5 heteroatoms. The van der Waals surface area contributed by atoms with E-state index >= 15 is 0 Å². The van der Waals surface area contributed by atoms with Gasteiger partial charge in [-0.2, -0.15) is 0 Å². The quantitative estimate of drug-likeness (QED) is 0.792. The number of para-hydroxylation sites is 1. The van der Waals surface area contributed by atoms with Crippen LogP contribution in [0.25, 0.3) is 11.0 Å². The van der Waals surface area contributed by atoms with Crippen molar-refractivity contribution in [1.29, 1.82) is 0 Å². The highest BCUT2D eigenvalue weighted by Crippen LogP contribution is 2.29. The number of carbonyl (C=O) groups is 1. The van der Waals surface area contributed by atoms with E-state index in [2.05, 4.69) is 10.3 Å². The fourth-order valence-electron chi connectivity index (χ4n) is 3.27. The van der Waals surface area contributed by atoms with Gasteiger partial charge in [0.2, 0.25) is 5.91 Å². The van der Waals surface area contributed by atoms with Crippen LogP contribution in [0.15, 0.2) is 59.3 Å². The molecule has 0 radical (unpaired) electrons. The molecule has 0 spiro atoms. The number of nitrogens with zero attached hydrogens (tertiary/aromatic N) is 1. The summed E-state index contributed by atoms with van der Waals surface area (Å²) in [6, 6.07) is 13.2. The predicted molar refractivity (Wildman–Crippen MR) is 94.0 cm³/mol. The van der Waals surface area contributed by atoms with Crippen LogP contribution in [-0.2, 0) is 9.53 Å². The lowest BCUT2D eigenvalue weighted by Gasteiger charge is -2.21. The first-order valence-corrected chi connectivity index (χ1v) is 8.53. The van der Waals surface area contributed by atoms with E-state index in [4.69, 9.17) is 9.15 Å². The number of fused-ring (bicyclic) bond motifs is 1. The summed E-state index contributed by atoms with van der Waals surface area (Å²) in [5, 5.41) is 4.11. The second-order valence-corrected chi connectivity index (χ2v) is 6.47. The SMILES string of the molecule is C[C@@H]1CCO[C@H]1C(=O)N[C@@H](c1ccncc1)c1cc2ccccc2o1. The Labute approximate surface area is 146 Å². The van der Waals surface area contributed by atoms with Gasteiger partial charge in [-0.1, -0.05) is 25.1 Å². The number of hydrogen-bond donors (Lipinski definition) is 1. The van der Waals surface area contributed by atoms with Crippen LogP contribution in [0, 0.1) is 5.92 Å². The fourth-order valence-corrected chi connectivity index (χ4v) is 3.27. The summed E-state index contributed by atoms with van der Waals surface area (Å²) in [5.74, 6) is 0.812. The van der Waals surface area contributed by atoms with Crippen molar-refractivity contribution in [2.45, 2.75) is 25.5 Å². The number of nitrogens with one attached hydrogen (secondary N) is 1. The third-order valence-electron chi connectivity index (χ3n) is 4.70. The van der Waals surface area contributed by atoms with Crippen molar-refractivity contribution in [2.75, 3.05) is 6.61 Å². The van der Waals surface area contributed by atoms with Crippen molar-refractivity contribution in [2.24, 2.45) is 5.92 Å². The van der Waals surface area contributed by atoms with Crippen LogP contribution in [0.2, 0.25) is 0 Å². The molecule has 1 N–H and O–H groups in total. The maximum atomic E-state index is 12.7. The first-order valence-electron chi connectivity index (χ1n) is 8.53. The molecular weight excluding hydrogens is 316 g/mol. The second kappa shape index (κ2) is 6.69. The van der Waals surface area contributed by atoms with Crippen LogP contribution in [-0.4, -0.2) is 23.6 Å². The Hall–Kier alpha value is -2.66. The first kappa shape index (κ1) is 15.8. The van der Waals surface area contributed by atoms with Gasteiger partial charge in [0, 0.05) is 24.4 Å². The molecular formula is C20H20N2O3. The zero-order chi connectivity index (χ0) is 17.2. The molecule has 128 valence electrons. The van der Waals surface area contributed by atoms with Crippen LogP contribution in [0.3, 0.4) is 0 Å². The lowest BCUT2D eigenvalue weighted by molar-refractivity contribution is -0.132. The molecule has 1 aromatic carbocycles. The standard InChI is InChI=1S/C20H20N2O3/c1-13-8-11-24-19(13)20(23)22-18(14-6-9-21-10-7-14)17-12-15-4-2-3-5-16(15)25-17/h2-7,9-10,12-13,18-19H,8,11H2,1H3,(H,22,23)/t13-,18+,19-/m1/s1. The molecule has 0 unspecified atom stereocenters. The average Bonchev–Trinajstić information content (AvgIpc) is 3.26. The maximum Gasteiger partial charge on any atom is 0.250 e. The molecule has 1 amide bonds. The lowest BCUT2D eigenvalue weighted by Crippen LogP contribution is -2.39. The van der Waals surface area contributed by atoms with Gasteiger partial charge in [0.15, 0.2) is 0 Å². The van der Waals surface area contributed by atoms with E-state index in [1.165, 1.54) is 0 Å². The normalized spacial score (nSPS) is 21.3. The number of aromatic nitrogens is 1. The number of benzene rings is 1. The van der Waals surface area contributed by atoms with Crippen LogP contribution in [0.5, 0.6) is 0 Å². The fraction of sp³-hybridized carbons (Fsp3) is 0.300. The molecule has 2 aromatic heterocycles. The van der Waals surface area contributed by atoms with E-state index in [0.29, 0.717) is 12.4 Å². The lowest BCUT2D eigenvalue weighted by atomic mass is 10.0. The summed E-state index contributed by atoms with van der Waals surface area (Å²) in [6.45, 7) is 2.67. The summed E-state index contributed by atoms with van der Waals surface area (Å²) in [7, 11) is 0. The van der Waals surface area contributed by atoms with E-state index in [0.717, 1.165) is 23.0 Å². The molecule has 25 heavy (non-hydrogen) atoms. The molecule has 5 nitrogen and oxygen atoms in total. The van der Waals surface area contributed by atoms with Crippen molar-refractivity contribution in [3.05, 3.63) is 66.2 Å². The number of amides is 1. The minimum Gasteiger partial charge on any atom is -0.459 e. The van der Waals surface area contributed by atoms with Crippen LogP contribution >= 0.6 is 0 Å². The summed E-state index contributed by atoms with van der Waals surface area (Å²) >= 11 is 0. The van der Waals surface area contributed by atoms with Crippen molar-refractivity contribution in [3.63, 3.8) is 0 Å². The Kier molecular flexibility index (Phi) is 4.24. The van der Waals surface area contributed by atoms with Gasteiger partial charge in [-0.25, -0.2) is 0 Å². The van der Waals surface area contributed by atoms with E-state index in [1.54, 1.807) is 12.4 Å². The predicted octanol–water partition coefficient (Wildman–Crippen LogP) is 3.46. The van der Waals surface area contributed by atoms with Gasteiger partial charge in [0.05, 0.1) is 0 Å².